The van der Waals surface area contributed by atoms with Crippen molar-refractivity contribution in [1.29, 1.82) is 0 Å². The zero-order valence-electron chi connectivity index (χ0n) is 29.9. The summed E-state index contributed by atoms with van der Waals surface area (Å²) in [6, 6.07) is 12.4. The van der Waals surface area contributed by atoms with E-state index in [-0.39, 0.29) is 54.0 Å². The lowest BCUT2D eigenvalue weighted by Crippen LogP contribution is -2.48. The lowest BCUT2D eigenvalue weighted by atomic mass is 9.83. The van der Waals surface area contributed by atoms with Gasteiger partial charge in [-0.2, -0.15) is 13.2 Å². The first kappa shape index (κ1) is 40.2. The first-order valence-corrected chi connectivity index (χ1v) is 20.7. The van der Waals surface area contributed by atoms with Crippen molar-refractivity contribution in [2.75, 3.05) is 19.5 Å². The Hall–Kier alpha value is -4.42. The van der Waals surface area contributed by atoms with Crippen molar-refractivity contribution < 1.29 is 58.2 Å². The summed E-state index contributed by atoms with van der Waals surface area (Å²) in [6.45, 7) is 0.115. The number of hydrogen-bond donors (Lipinski definition) is 3. The molecule has 0 radical (unpaired) electrons. The molecule has 12 nitrogen and oxygen atoms in total. The molecule has 0 aromatic heterocycles. The molecule has 55 heavy (non-hydrogen) atoms. The van der Waals surface area contributed by atoms with E-state index in [1.165, 1.54) is 26.4 Å². The first-order chi connectivity index (χ1) is 26.0. The summed E-state index contributed by atoms with van der Waals surface area (Å²) in [6.07, 6.45) is 2.63. The van der Waals surface area contributed by atoms with E-state index in [2.05, 4.69) is 15.4 Å². The predicted molar refractivity (Wildman–Crippen MR) is 192 cm³/mol. The zero-order valence-corrected chi connectivity index (χ0v) is 31.5. The lowest BCUT2D eigenvalue weighted by Gasteiger charge is -2.31. The van der Waals surface area contributed by atoms with E-state index in [1.54, 1.807) is 24.3 Å². The molecule has 298 valence electrons. The average Bonchev–Trinajstić information content (AvgIpc) is 3.77. The van der Waals surface area contributed by atoms with Crippen LogP contribution in [0, 0.1) is 23.6 Å². The number of halogens is 4. The van der Waals surface area contributed by atoms with Gasteiger partial charge >= 0.3 is 5.51 Å². The van der Waals surface area contributed by atoms with Gasteiger partial charge in [-0.1, -0.05) is 18.2 Å². The Balaban J connectivity index is 1.10. The molecule has 4 atom stereocenters. The van der Waals surface area contributed by atoms with Crippen molar-refractivity contribution in [2.45, 2.75) is 79.3 Å². The van der Waals surface area contributed by atoms with Gasteiger partial charge in [0, 0.05) is 24.3 Å². The molecule has 3 N–H and O–H groups in total. The maximum Gasteiger partial charge on any atom is 0.501 e. The fourth-order valence-corrected chi connectivity index (χ4v) is 10.2. The highest BCUT2D eigenvalue weighted by atomic mass is 32.2. The largest absolute Gasteiger partial charge is 0.501 e. The number of fused-ring (bicyclic) bond motifs is 2. The van der Waals surface area contributed by atoms with E-state index in [0.717, 1.165) is 29.8 Å². The Kier molecular flexibility index (Phi) is 11.7. The summed E-state index contributed by atoms with van der Waals surface area (Å²) in [5, 5.41) is 4.75. The quantitative estimate of drug-likeness (QED) is 0.183. The van der Waals surface area contributed by atoms with Gasteiger partial charge in [0.2, 0.25) is 15.9 Å². The predicted octanol–water partition coefficient (Wildman–Crippen LogP) is 5.73. The number of alkyl halides is 3. The number of hydrogen-bond acceptors (Lipinski definition) is 9. The fraction of sp³-hybridized carbons (Fsp3) is 0.459. The van der Waals surface area contributed by atoms with Crippen molar-refractivity contribution in [3.63, 3.8) is 0 Å². The molecule has 0 heterocycles. The molecule has 0 saturated heterocycles. The smallest absolute Gasteiger partial charge is 0.497 e. The van der Waals surface area contributed by atoms with Crippen LogP contribution in [0.4, 0.5) is 23.2 Å². The highest BCUT2D eigenvalue weighted by Gasteiger charge is 2.52. The summed E-state index contributed by atoms with van der Waals surface area (Å²) in [4.78, 5) is 26.3. The van der Waals surface area contributed by atoms with E-state index >= 15 is 4.39 Å². The van der Waals surface area contributed by atoms with Gasteiger partial charge in [0.1, 0.15) is 11.5 Å². The number of ether oxygens (including phenoxy) is 3. The molecule has 3 saturated carbocycles. The molecule has 0 aliphatic heterocycles. The Bertz CT molecular complexity index is 2130. The SMILES string of the molecule is COc1ccc(CNS(=O)(=O)[C@H]2CC[C@@H](Oc3cc(C(=O)N[C@@H]4[C@@H]5CC[C@@H](C5)[C@@H]4C(=O)Nc4cccc(S(=O)(=O)C(F)(F)F)c4)c(OC)cc3F)CC2)cc1. The van der Waals surface area contributed by atoms with Crippen molar-refractivity contribution in [2.24, 2.45) is 17.8 Å². The minimum atomic E-state index is -5.65. The standard InChI is InChI=1S/C37H41F4N3O9S2/c1-51-25-10-6-21(7-11-25)20-42-55(49,50)27-14-12-26(13-15-27)53-32-18-29(31(52-2)19-30(32)38)35(45)44-34-23-9-8-22(16-23)33(34)36(46)43-24-4-3-5-28(17-24)54(47,48)37(39,40)41/h3-7,10-11,17-19,22-23,26-27,33-34,42H,8-9,12-16,20H2,1-2H3,(H,43,46)(H,44,45)/t22-,23+,26-,27+,33-,34+/m0/s1. The molecule has 2 bridgehead atoms. The van der Waals surface area contributed by atoms with E-state index < -0.39 is 71.2 Å². The number of amides is 2. The van der Waals surface area contributed by atoms with E-state index in [1.807, 2.05) is 0 Å². The Labute approximate surface area is 316 Å². The van der Waals surface area contributed by atoms with Crippen LogP contribution in [-0.2, 0) is 31.2 Å². The zero-order chi connectivity index (χ0) is 39.7. The number of anilines is 1. The minimum absolute atomic E-state index is 0.0649. The molecule has 0 unspecified atom stereocenters. The maximum atomic E-state index is 15.3. The Morgan fingerprint density at radius 1 is 0.836 bits per heavy atom. The van der Waals surface area contributed by atoms with Gasteiger partial charge in [-0.25, -0.2) is 25.9 Å². The number of methoxy groups -OCH3 is 2. The molecule has 6 rings (SSSR count). The molecule has 3 aromatic rings. The fourth-order valence-electron chi connectivity index (χ4n) is 7.86. The highest BCUT2D eigenvalue weighted by Crippen LogP contribution is 2.49. The van der Waals surface area contributed by atoms with E-state index in [9.17, 15) is 39.6 Å². The summed E-state index contributed by atoms with van der Waals surface area (Å²) < 4.78 is 124. The van der Waals surface area contributed by atoms with Crippen LogP contribution >= 0.6 is 0 Å². The third-order valence-electron chi connectivity index (χ3n) is 10.7. The number of carbonyl (C=O) groups excluding carboxylic acids is 2. The molecular weight excluding hydrogens is 771 g/mol. The van der Waals surface area contributed by atoms with Gasteiger partial charge in [0.25, 0.3) is 15.7 Å². The number of nitrogens with one attached hydrogen (secondary N) is 3. The lowest BCUT2D eigenvalue weighted by molar-refractivity contribution is -0.122. The summed E-state index contributed by atoms with van der Waals surface area (Å²) >= 11 is 0. The van der Waals surface area contributed by atoms with E-state index in [4.69, 9.17) is 14.2 Å². The molecule has 0 spiro atoms. The van der Waals surface area contributed by atoms with E-state index in [0.29, 0.717) is 37.9 Å². The average molecular weight is 812 g/mol. The topological polar surface area (TPSA) is 166 Å². The van der Waals surface area contributed by atoms with Crippen LogP contribution in [0.1, 0.15) is 60.9 Å². The van der Waals surface area contributed by atoms with Gasteiger partial charge in [-0.05, 0) is 98.7 Å². The van der Waals surface area contributed by atoms with Crippen LogP contribution in [0.5, 0.6) is 17.2 Å². The molecule has 3 aliphatic carbocycles. The van der Waals surface area contributed by atoms with Crippen molar-refractivity contribution in [3.8, 4) is 17.2 Å². The van der Waals surface area contributed by atoms with Gasteiger partial charge < -0.3 is 24.8 Å². The summed E-state index contributed by atoms with van der Waals surface area (Å²) in [7, 11) is -6.51. The number of carbonyl (C=O) groups is 2. The van der Waals surface area contributed by atoms with Crippen molar-refractivity contribution in [3.05, 3.63) is 77.6 Å². The second-order valence-electron chi connectivity index (χ2n) is 14.0. The van der Waals surface area contributed by atoms with Crippen LogP contribution in [0.15, 0.2) is 65.6 Å². The van der Waals surface area contributed by atoms with Gasteiger partial charge in [-0.3, -0.25) is 9.59 Å². The number of sulfone groups is 1. The molecule has 3 aromatic carbocycles. The van der Waals surface area contributed by atoms with Crippen LogP contribution in [0.3, 0.4) is 0 Å². The number of sulfonamides is 1. The van der Waals surface area contributed by atoms with Gasteiger partial charge in [0.05, 0.1) is 42.0 Å². The van der Waals surface area contributed by atoms with Crippen molar-refractivity contribution >= 4 is 37.4 Å². The van der Waals surface area contributed by atoms with Crippen LogP contribution in [0.2, 0.25) is 0 Å². The Morgan fingerprint density at radius 3 is 2.18 bits per heavy atom. The monoisotopic (exact) mass is 811 g/mol. The van der Waals surface area contributed by atoms with Crippen LogP contribution < -0.4 is 29.6 Å². The number of rotatable bonds is 13. The number of benzene rings is 3. The third-order valence-corrected chi connectivity index (χ3v) is 14.1. The molecule has 3 aliphatic rings. The second kappa shape index (κ2) is 16.0. The van der Waals surface area contributed by atoms with Crippen LogP contribution in [-0.4, -0.2) is 65.8 Å². The normalized spacial score (nSPS) is 23.9. The maximum absolute atomic E-state index is 15.3. The van der Waals surface area contributed by atoms with Gasteiger partial charge in [0.15, 0.2) is 11.6 Å². The highest BCUT2D eigenvalue weighted by molar-refractivity contribution is 7.92. The molecule has 18 heteroatoms. The second-order valence-corrected chi connectivity index (χ2v) is 18.0. The summed E-state index contributed by atoms with van der Waals surface area (Å²) in [5.74, 6) is -2.76. The molecule has 2 amide bonds. The van der Waals surface area contributed by atoms with Crippen molar-refractivity contribution in [1.82, 2.24) is 10.0 Å². The molecule has 3 fully saturated rings. The first-order valence-electron chi connectivity index (χ1n) is 17.7. The van der Waals surface area contributed by atoms with Crippen LogP contribution in [0.25, 0.3) is 0 Å². The summed E-state index contributed by atoms with van der Waals surface area (Å²) in [5.41, 5.74) is -4.98. The molecular formula is C37H41F4N3O9S2. The third kappa shape index (κ3) is 8.70. The Morgan fingerprint density at radius 2 is 1.53 bits per heavy atom. The minimum Gasteiger partial charge on any atom is -0.497 e. The van der Waals surface area contributed by atoms with Gasteiger partial charge in [-0.15, -0.1) is 0 Å².